The van der Waals surface area contributed by atoms with Crippen molar-refractivity contribution in [2.75, 3.05) is 0 Å². The maximum absolute atomic E-state index is 2.44. The van der Waals surface area contributed by atoms with Crippen LogP contribution in [0.3, 0.4) is 0 Å². The molecule has 2 atom stereocenters. The van der Waals surface area contributed by atoms with Crippen LogP contribution in [-0.4, -0.2) is 0 Å². The molecule has 3 heterocycles. The molecular formula is C33H32S3. The first-order valence-corrected chi connectivity index (χ1v) is 15.5. The van der Waals surface area contributed by atoms with E-state index in [0.29, 0.717) is 17.8 Å². The average molecular weight is 525 g/mol. The second-order valence-corrected chi connectivity index (χ2v) is 13.5. The molecule has 0 nitrogen and oxygen atoms in total. The molecule has 0 aliphatic rings. The zero-order valence-electron chi connectivity index (χ0n) is 21.4. The van der Waals surface area contributed by atoms with Crippen molar-refractivity contribution in [3.8, 4) is 0 Å². The van der Waals surface area contributed by atoms with Gasteiger partial charge in [-0.2, -0.15) is 0 Å². The summed E-state index contributed by atoms with van der Waals surface area (Å²) < 4.78 is 2.85. The van der Waals surface area contributed by atoms with Gasteiger partial charge in [0.15, 0.2) is 0 Å². The van der Waals surface area contributed by atoms with E-state index in [2.05, 4.69) is 105 Å². The van der Waals surface area contributed by atoms with E-state index in [1.807, 2.05) is 34.0 Å². The molecule has 0 spiro atoms. The molecule has 0 aliphatic heterocycles. The maximum atomic E-state index is 2.44. The van der Waals surface area contributed by atoms with E-state index in [-0.39, 0.29) is 0 Å². The fraction of sp³-hybridized carbons (Fsp3) is 0.273. The summed E-state index contributed by atoms with van der Waals surface area (Å²) in [5, 5.41) is 10.3. The van der Waals surface area contributed by atoms with Gasteiger partial charge in [-0.1, -0.05) is 76.2 Å². The highest BCUT2D eigenvalue weighted by Crippen LogP contribution is 2.37. The van der Waals surface area contributed by atoms with Crippen molar-refractivity contribution in [1.29, 1.82) is 0 Å². The smallest absolute Gasteiger partial charge is 0.0348 e. The summed E-state index contributed by atoms with van der Waals surface area (Å²) in [5.41, 5.74) is 4.37. The average Bonchev–Trinajstić information content (AvgIpc) is 3.59. The van der Waals surface area contributed by atoms with E-state index in [4.69, 9.17) is 0 Å². The number of thiophene rings is 3. The molecule has 6 aromatic rings. The highest BCUT2D eigenvalue weighted by Gasteiger charge is 2.15. The van der Waals surface area contributed by atoms with Crippen LogP contribution >= 0.6 is 34.0 Å². The quantitative estimate of drug-likeness (QED) is 0.195. The molecule has 3 heteroatoms. The van der Waals surface area contributed by atoms with Gasteiger partial charge in [-0.15, -0.1) is 34.0 Å². The molecule has 0 radical (unpaired) electrons. The van der Waals surface area contributed by atoms with E-state index >= 15 is 0 Å². The molecule has 182 valence electrons. The van der Waals surface area contributed by atoms with Crippen molar-refractivity contribution in [2.45, 2.75) is 58.3 Å². The first kappa shape index (κ1) is 23.9. The lowest BCUT2D eigenvalue weighted by atomic mass is 9.96. The van der Waals surface area contributed by atoms with Gasteiger partial charge >= 0.3 is 0 Å². The Morgan fingerprint density at radius 1 is 0.639 bits per heavy atom. The lowest BCUT2D eigenvalue weighted by Crippen LogP contribution is -1.96. The van der Waals surface area contributed by atoms with Gasteiger partial charge in [0.25, 0.3) is 0 Å². The predicted molar refractivity (Wildman–Crippen MR) is 164 cm³/mol. The van der Waals surface area contributed by atoms with Crippen LogP contribution in [0, 0.1) is 0 Å². The fourth-order valence-electron chi connectivity index (χ4n) is 5.43. The van der Waals surface area contributed by atoms with Gasteiger partial charge in [-0.3, -0.25) is 0 Å². The first-order valence-electron chi connectivity index (χ1n) is 12.9. The van der Waals surface area contributed by atoms with Crippen LogP contribution in [0.5, 0.6) is 0 Å². The Labute approximate surface area is 226 Å². The number of rotatable bonds is 7. The van der Waals surface area contributed by atoms with Gasteiger partial charge in [-0.05, 0) is 97.8 Å². The number of fused-ring (bicyclic) bond motifs is 3. The monoisotopic (exact) mass is 524 g/mol. The number of hydrogen-bond acceptors (Lipinski definition) is 3. The molecule has 0 saturated carbocycles. The molecule has 0 bridgehead atoms. The van der Waals surface area contributed by atoms with Crippen molar-refractivity contribution in [3.63, 3.8) is 0 Å². The Morgan fingerprint density at radius 2 is 1.39 bits per heavy atom. The summed E-state index contributed by atoms with van der Waals surface area (Å²) in [6, 6.07) is 25.4. The number of benzene rings is 3. The second-order valence-electron chi connectivity index (χ2n) is 10.6. The van der Waals surface area contributed by atoms with Crippen molar-refractivity contribution in [3.05, 3.63) is 104 Å². The van der Waals surface area contributed by atoms with E-state index in [0.717, 1.165) is 12.8 Å². The zero-order valence-corrected chi connectivity index (χ0v) is 23.8. The summed E-state index contributed by atoms with van der Waals surface area (Å²) in [6.07, 6.45) is 2.18. The molecule has 0 amide bonds. The fourth-order valence-corrected chi connectivity index (χ4v) is 8.88. The van der Waals surface area contributed by atoms with E-state index in [1.165, 1.54) is 57.4 Å². The topological polar surface area (TPSA) is 0 Å². The van der Waals surface area contributed by atoms with Crippen LogP contribution in [0.1, 0.15) is 71.9 Å². The third kappa shape index (κ3) is 4.53. The molecule has 0 saturated heterocycles. The normalized spacial score (nSPS) is 13.8. The van der Waals surface area contributed by atoms with Gasteiger partial charge in [0.05, 0.1) is 0 Å². The van der Waals surface area contributed by atoms with Crippen molar-refractivity contribution < 1.29 is 0 Å². The van der Waals surface area contributed by atoms with Crippen LogP contribution in [0.15, 0.2) is 77.5 Å². The molecule has 0 aliphatic carbocycles. The van der Waals surface area contributed by atoms with Crippen molar-refractivity contribution in [1.82, 2.24) is 0 Å². The zero-order chi connectivity index (χ0) is 24.8. The Hall–Kier alpha value is -2.46. The van der Waals surface area contributed by atoms with Crippen LogP contribution < -0.4 is 0 Å². The third-order valence-electron chi connectivity index (χ3n) is 7.45. The summed E-state index contributed by atoms with van der Waals surface area (Å²) in [6.45, 7) is 9.33. The third-order valence-corrected chi connectivity index (χ3v) is 11.0. The Kier molecular flexibility index (Phi) is 6.49. The van der Waals surface area contributed by atoms with E-state index in [9.17, 15) is 0 Å². The molecular weight excluding hydrogens is 493 g/mol. The molecule has 0 N–H and O–H groups in total. The minimum absolute atomic E-state index is 0.518. The minimum atomic E-state index is 0.518. The SMILES string of the molecule is CC(C)c1csc2cc(CC(C)c3cc4ccc(CC(C)c5scc6ccccc56)cc4s3)ccc12. The Balaban J connectivity index is 1.20. The molecule has 36 heavy (non-hydrogen) atoms. The van der Waals surface area contributed by atoms with Crippen molar-refractivity contribution >= 4 is 65.0 Å². The summed E-state index contributed by atoms with van der Waals surface area (Å²) in [5.74, 6) is 1.62. The highest BCUT2D eigenvalue weighted by atomic mass is 32.1. The maximum Gasteiger partial charge on any atom is 0.0348 e. The summed E-state index contributed by atoms with van der Waals surface area (Å²) >= 11 is 5.78. The van der Waals surface area contributed by atoms with Crippen LogP contribution in [0.4, 0.5) is 0 Å². The predicted octanol–water partition coefficient (Wildman–Crippen LogP) is 11.1. The Morgan fingerprint density at radius 3 is 2.22 bits per heavy atom. The standard InChI is InChI=1S/C33H32S3/c1-20(2)29-19-34-32-16-24(10-12-28(29)32)13-21(3)30-17-25-11-9-23(15-31(25)36-30)14-22(4)33-27-8-6-5-7-26(27)18-35-33/h5-12,15-22H,13-14H2,1-4H3. The van der Waals surface area contributed by atoms with Gasteiger partial charge in [-0.25, -0.2) is 0 Å². The molecule has 6 rings (SSSR count). The Bertz CT molecular complexity index is 1660. The van der Waals surface area contributed by atoms with Crippen LogP contribution in [-0.2, 0) is 12.8 Å². The van der Waals surface area contributed by atoms with Gasteiger partial charge in [0, 0.05) is 19.2 Å². The lowest BCUT2D eigenvalue weighted by molar-refractivity contribution is 0.776. The van der Waals surface area contributed by atoms with Gasteiger partial charge < -0.3 is 0 Å². The minimum Gasteiger partial charge on any atom is -0.147 e. The molecule has 3 aromatic carbocycles. The van der Waals surface area contributed by atoms with Crippen molar-refractivity contribution in [2.24, 2.45) is 0 Å². The van der Waals surface area contributed by atoms with E-state index < -0.39 is 0 Å². The largest absolute Gasteiger partial charge is 0.147 e. The van der Waals surface area contributed by atoms with Crippen LogP contribution in [0.2, 0.25) is 0 Å². The summed E-state index contributed by atoms with van der Waals surface area (Å²) in [4.78, 5) is 3.00. The summed E-state index contributed by atoms with van der Waals surface area (Å²) in [7, 11) is 0. The number of hydrogen-bond donors (Lipinski definition) is 0. The van der Waals surface area contributed by atoms with Crippen LogP contribution in [0.25, 0.3) is 30.9 Å². The highest BCUT2D eigenvalue weighted by molar-refractivity contribution is 7.19. The molecule has 0 fully saturated rings. The lowest BCUT2D eigenvalue weighted by Gasteiger charge is -2.11. The van der Waals surface area contributed by atoms with Gasteiger partial charge in [0.2, 0.25) is 0 Å². The first-order chi connectivity index (χ1) is 17.5. The molecule has 2 unspecified atom stereocenters. The van der Waals surface area contributed by atoms with Gasteiger partial charge in [0.1, 0.15) is 0 Å². The van der Waals surface area contributed by atoms with E-state index in [1.54, 1.807) is 0 Å². The molecule has 3 aromatic heterocycles. The second kappa shape index (κ2) is 9.78.